The lowest BCUT2D eigenvalue weighted by Gasteiger charge is -2.20. The number of ether oxygens (including phenoxy) is 1. The van der Waals surface area contributed by atoms with Gasteiger partial charge in [-0.1, -0.05) is 5.21 Å². The first-order valence-corrected chi connectivity index (χ1v) is 9.24. The molecule has 2 aliphatic heterocycles. The van der Waals surface area contributed by atoms with Crippen molar-refractivity contribution in [3.05, 3.63) is 35.7 Å². The van der Waals surface area contributed by atoms with Crippen LogP contribution >= 0.6 is 0 Å². The van der Waals surface area contributed by atoms with Crippen molar-refractivity contribution in [2.24, 2.45) is 11.8 Å². The lowest BCUT2D eigenvalue weighted by molar-refractivity contribution is 0.0751. The summed E-state index contributed by atoms with van der Waals surface area (Å²) >= 11 is 0. The number of carbonyl (C=O) groups excluding carboxylic acids is 1. The standard InChI is InChI=1S/C19H25N5O2/c1-13-18(21-22-24(13)16-3-5-17(26-2)6-4-16)19(25)23-9-7-14-11-20-12-15(14)8-10-23/h3-6,14-15,20H,7-12H2,1-2H3/t14-,15+. The molecule has 0 aliphatic carbocycles. The molecule has 2 atom stereocenters. The number of benzene rings is 1. The van der Waals surface area contributed by atoms with Gasteiger partial charge in [0.2, 0.25) is 0 Å². The predicted molar refractivity (Wildman–Crippen MR) is 97.6 cm³/mol. The highest BCUT2D eigenvalue weighted by Gasteiger charge is 2.32. The third kappa shape index (κ3) is 3.07. The van der Waals surface area contributed by atoms with Crippen molar-refractivity contribution >= 4 is 5.91 Å². The third-order valence-corrected chi connectivity index (χ3v) is 5.72. The van der Waals surface area contributed by atoms with Crippen LogP contribution in [0.3, 0.4) is 0 Å². The van der Waals surface area contributed by atoms with Crippen LogP contribution in [-0.4, -0.2) is 59.1 Å². The third-order valence-electron chi connectivity index (χ3n) is 5.72. The molecule has 0 bridgehead atoms. The average molecular weight is 355 g/mol. The molecule has 0 spiro atoms. The number of rotatable bonds is 3. The Morgan fingerprint density at radius 1 is 1.15 bits per heavy atom. The second kappa shape index (κ2) is 7.07. The average Bonchev–Trinajstić information content (AvgIpc) is 3.22. The molecule has 7 nitrogen and oxygen atoms in total. The van der Waals surface area contributed by atoms with E-state index in [9.17, 15) is 4.79 Å². The van der Waals surface area contributed by atoms with E-state index >= 15 is 0 Å². The van der Waals surface area contributed by atoms with E-state index in [2.05, 4.69) is 15.6 Å². The summed E-state index contributed by atoms with van der Waals surface area (Å²) in [6.45, 7) is 5.67. The summed E-state index contributed by atoms with van der Waals surface area (Å²) < 4.78 is 6.90. The van der Waals surface area contributed by atoms with E-state index in [1.807, 2.05) is 36.1 Å². The van der Waals surface area contributed by atoms with Gasteiger partial charge in [-0.25, -0.2) is 4.68 Å². The topological polar surface area (TPSA) is 72.3 Å². The van der Waals surface area contributed by atoms with Gasteiger partial charge in [0.25, 0.3) is 5.91 Å². The van der Waals surface area contributed by atoms with Crippen LogP contribution in [0.1, 0.15) is 29.0 Å². The molecule has 0 radical (unpaired) electrons. The van der Waals surface area contributed by atoms with E-state index < -0.39 is 0 Å². The van der Waals surface area contributed by atoms with Crippen molar-refractivity contribution in [3.63, 3.8) is 0 Å². The summed E-state index contributed by atoms with van der Waals surface area (Å²) in [5.41, 5.74) is 2.09. The fraction of sp³-hybridized carbons (Fsp3) is 0.526. The van der Waals surface area contributed by atoms with Gasteiger partial charge in [-0.2, -0.15) is 0 Å². The zero-order valence-electron chi connectivity index (χ0n) is 15.3. The molecule has 2 fully saturated rings. The molecule has 7 heteroatoms. The van der Waals surface area contributed by atoms with Crippen molar-refractivity contribution in [3.8, 4) is 11.4 Å². The van der Waals surface area contributed by atoms with Crippen LogP contribution in [0.25, 0.3) is 5.69 Å². The van der Waals surface area contributed by atoms with Crippen LogP contribution in [0, 0.1) is 18.8 Å². The Hall–Kier alpha value is -2.41. The summed E-state index contributed by atoms with van der Waals surface area (Å²) in [6.07, 6.45) is 2.13. The largest absolute Gasteiger partial charge is 0.497 e. The summed E-state index contributed by atoms with van der Waals surface area (Å²) in [5, 5.41) is 11.9. The fourth-order valence-corrected chi connectivity index (χ4v) is 4.07. The van der Waals surface area contributed by atoms with Gasteiger partial charge in [0.05, 0.1) is 18.5 Å². The molecule has 2 aromatic rings. The number of nitrogens with one attached hydrogen (secondary N) is 1. The lowest BCUT2D eigenvalue weighted by atomic mass is 9.92. The van der Waals surface area contributed by atoms with Crippen LogP contribution in [0.5, 0.6) is 5.75 Å². The maximum atomic E-state index is 13.0. The van der Waals surface area contributed by atoms with Crippen LogP contribution in [-0.2, 0) is 0 Å². The molecule has 1 aromatic carbocycles. The number of amides is 1. The van der Waals surface area contributed by atoms with Crippen molar-refractivity contribution in [2.45, 2.75) is 19.8 Å². The van der Waals surface area contributed by atoms with Gasteiger partial charge < -0.3 is 15.0 Å². The highest BCUT2D eigenvalue weighted by Crippen LogP contribution is 2.28. The number of aromatic nitrogens is 3. The minimum atomic E-state index is -0.00445. The number of hydrogen-bond donors (Lipinski definition) is 1. The summed E-state index contributed by atoms with van der Waals surface area (Å²) in [6, 6.07) is 7.57. The number of hydrogen-bond acceptors (Lipinski definition) is 5. The van der Waals surface area contributed by atoms with Crippen LogP contribution < -0.4 is 10.1 Å². The lowest BCUT2D eigenvalue weighted by Crippen LogP contribution is -2.33. The van der Waals surface area contributed by atoms with E-state index in [0.29, 0.717) is 17.5 Å². The van der Waals surface area contributed by atoms with Gasteiger partial charge in [-0.3, -0.25) is 4.79 Å². The Balaban J connectivity index is 1.52. The van der Waals surface area contributed by atoms with Gasteiger partial charge in [0.1, 0.15) is 5.75 Å². The number of methoxy groups -OCH3 is 1. The molecule has 0 saturated carbocycles. The summed E-state index contributed by atoms with van der Waals surface area (Å²) in [7, 11) is 1.64. The zero-order valence-corrected chi connectivity index (χ0v) is 15.3. The molecular weight excluding hydrogens is 330 g/mol. The molecule has 0 unspecified atom stereocenters. The van der Waals surface area contributed by atoms with Gasteiger partial charge in [0.15, 0.2) is 5.69 Å². The molecule has 3 heterocycles. The minimum absolute atomic E-state index is 0.00445. The molecule has 1 amide bonds. The Kier molecular flexibility index (Phi) is 4.63. The first-order chi connectivity index (χ1) is 12.7. The molecule has 1 N–H and O–H groups in total. The number of carbonyl (C=O) groups is 1. The van der Waals surface area contributed by atoms with E-state index in [1.54, 1.807) is 11.8 Å². The Labute approximate surface area is 153 Å². The van der Waals surface area contributed by atoms with Crippen molar-refractivity contribution in [2.75, 3.05) is 33.3 Å². The SMILES string of the molecule is COc1ccc(-n2nnc(C(=O)N3CC[C@@H]4CNC[C@@H]4CC3)c2C)cc1. The van der Waals surface area contributed by atoms with E-state index in [4.69, 9.17) is 4.74 Å². The maximum absolute atomic E-state index is 13.0. The molecule has 138 valence electrons. The molecule has 2 aliphatic rings. The monoisotopic (exact) mass is 355 g/mol. The number of likely N-dealkylation sites (tertiary alicyclic amines) is 1. The second-order valence-electron chi connectivity index (χ2n) is 7.18. The first kappa shape index (κ1) is 17.0. The number of nitrogens with zero attached hydrogens (tertiary/aromatic N) is 4. The normalized spacial score (nSPS) is 22.8. The Morgan fingerprint density at radius 3 is 2.42 bits per heavy atom. The first-order valence-electron chi connectivity index (χ1n) is 9.24. The van der Waals surface area contributed by atoms with Crippen LogP contribution in [0.4, 0.5) is 0 Å². The van der Waals surface area contributed by atoms with Crippen molar-refractivity contribution in [1.82, 2.24) is 25.2 Å². The molecule has 2 saturated heterocycles. The van der Waals surface area contributed by atoms with Gasteiger partial charge in [-0.05, 0) is 69.0 Å². The Morgan fingerprint density at radius 2 is 1.81 bits per heavy atom. The fourth-order valence-electron chi connectivity index (χ4n) is 4.07. The predicted octanol–water partition coefficient (Wildman–Crippen LogP) is 1.66. The van der Waals surface area contributed by atoms with Gasteiger partial charge in [0, 0.05) is 13.1 Å². The highest BCUT2D eigenvalue weighted by molar-refractivity contribution is 5.93. The smallest absolute Gasteiger partial charge is 0.276 e. The number of fused-ring (bicyclic) bond motifs is 1. The second-order valence-corrected chi connectivity index (χ2v) is 7.18. The maximum Gasteiger partial charge on any atom is 0.276 e. The molecule has 1 aromatic heterocycles. The van der Waals surface area contributed by atoms with Crippen molar-refractivity contribution in [1.29, 1.82) is 0 Å². The Bertz CT molecular complexity index is 772. The summed E-state index contributed by atoms with van der Waals surface area (Å²) in [5.74, 6) is 2.18. The van der Waals surface area contributed by atoms with Crippen LogP contribution in [0.15, 0.2) is 24.3 Å². The van der Waals surface area contributed by atoms with E-state index in [0.717, 1.165) is 56.2 Å². The van der Waals surface area contributed by atoms with Gasteiger partial charge >= 0.3 is 0 Å². The van der Waals surface area contributed by atoms with Gasteiger partial charge in [-0.15, -0.1) is 5.10 Å². The molecule has 4 rings (SSSR count). The van der Waals surface area contributed by atoms with Crippen LogP contribution in [0.2, 0.25) is 0 Å². The molecular formula is C19H25N5O2. The van der Waals surface area contributed by atoms with E-state index in [-0.39, 0.29) is 5.91 Å². The quantitative estimate of drug-likeness (QED) is 0.906. The molecule has 26 heavy (non-hydrogen) atoms. The highest BCUT2D eigenvalue weighted by atomic mass is 16.5. The summed E-state index contributed by atoms with van der Waals surface area (Å²) in [4.78, 5) is 15.0. The zero-order chi connectivity index (χ0) is 18.1. The minimum Gasteiger partial charge on any atom is -0.497 e. The van der Waals surface area contributed by atoms with Crippen molar-refractivity contribution < 1.29 is 9.53 Å². The van der Waals surface area contributed by atoms with E-state index in [1.165, 1.54) is 0 Å².